The molecule has 0 fully saturated rings. The van der Waals surface area contributed by atoms with Gasteiger partial charge in [-0.25, -0.2) is 4.79 Å². The highest BCUT2D eigenvalue weighted by molar-refractivity contribution is 7.80. The van der Waals surface area contributed by atoms with Crippen molar-refractivity contribution >= 4 is 29.2 Å². The lowest BCUT2D eigenvalue weighted by molar-refractivity contribution is -0.137. The van der Waals surface area contributed by atoms with Gasteiger partial charge in [0.15, 0.2) is 5.11 Å². The maximum Gasteiger partial charge on any atom is 0.330 e. The number of ether oxygens (including phenoxy) is 1. The zero-order valence-corrected chi connectivity index (χ0v) is 14.2. The predicted molar refractivity (Wildman–Crippen MR) is 93.6 cm³/mol. The minimum absolute atomic E-state index is 0.201. The Kier molecular flexibility index (Phi) is 8.79. The number of carbonyl (C=O) groups excluding carboxylic acids is 2. The zero-order valence-electron chi connectivity index (χ0n) is 13.4. The molecule has 1 amide bonds. The topological polar surface area (TPSA) is 82.4 Å². The van der Waals surface area contributed by atoms with Crippen molar-refractivity contribution in [2.45, 2.75) is 19.9 Å². The van der Waals surface area contributed by atoms with Crippen LogP contribution in [-0.4, -0.2) is 35.0 Å². The molecule has 6 nitrogen and oxygen atoms in total. The van der Waals surface area contributed by atoms with Crippen LogP contribution in [0.4, 0.5) is 0 Å². The summed E-state index contributed by atoms with van der Waals surface area (Å²) in [5.41, 5.74) is 1.01. The first-order valence-electron chi connectivity index (χ1n) is 7.42. The largest absolute Gasteiger partial charge is 0.463 e. The van der Waals surface area contributed by atoms with E-state index in [0.29, 0.717) is 13.1 Å². The molecule has 0 atom stereocenters. The Labute approximate surface area is 146 Å². The molecule has 0 heterocycles. The van der Waals surface area contributed by atoms with Gasteiger partial charge in [0.05, 0.1) is 19.1 Å². The van der Waals surface area contributed by atoms with Gasteiger partial charge >= 0.3 is 5.97 Å². The Morgan fingerprint density at radius 2 is 2.04 bits per heavy atom. The number of hydrogen-bond acceptors (Lipinski definition) is 5. The van der Waals surface area contributed by atoms with E-state index in [4.69, 9.17) is 22.2 Å². The fraction of sp³-hybridized carbons (Fsp3) is 0.294. The normalized spacial score (nSPS) is 10.0. The third-order valence-electron chi connectivity index (χ3n) is 2.88. The van der Waals surface area contributed by atoms with E-state index in [-0.39, 0.29) is 18.1 Å². The highest BCUT2D eigenvalue weighted by Crippen LogP contribution is 2.05. The Morgan fingerprint density at radius 1 is 1.33 bits per heavy atom. The van der Waals surface area contributed by atoms with Crippen molar-refractivity contribution in [3.8, 4) is 6.07 Å². The van der Waals surface area contributed by atoms with Gasteiger partial charge in [0.2, 0.25) is 5.91 Å². The first-order valence-corrected chi connectivity index (χ1v) is 7.83. The van der Waals surface area contributed by atoms with Gasteiger partial charge in [-0.2, -0.15) is 5.26 Å². The molecule has 0 radical (unpaired) electrons. The first-order chi connectivity index (χ1) is 11.6. The summed E-state index contributed by atoms with van der Waals surface area (Å²) in [6.45, 7) is 2.79. The summed E-state index contributed by atoms with van der Waals surface area (Å²) in [4.78, 5) is 24.7. The summed E-state index contributed by atoms with van der Waals surface area (Å²) in [5, 5.41) is 11.5. The second-order valence-electron chi connectivity index (χ2n) is 4.70. The molecule has 1 aromatic carbocycles. The van der Waals surface area contributed by atoms with Crippen LogP contribution in [0.15, 0.2) is 42.5 Å². The van der Waals surface area contributed by atoms with Crippen LogP contribution in [0.3, 0.4) is 0 Å². The lowest BCUT2D eigenvalue weighted by Gasteiger charge is -2.24. The maximum absolute atomic E-state index is 11.8. The van der Waals surface area contributed by atoms with Crippen LogP contribution >= 0.6 is 12.2 Å². The van der Waals surface area contributed by atoms with Crippen LogP contribution < -0.4 is 5.32 Å². The fourth-order valence-corrected chi connectivity index (χ4v) is 2.06. The fourth-order valence-electron chi connectivity index (χ4n) is 1.80. The SMILES string of the molecule is CCOC(=O)/C=C/C(=O)NC(=S)N(CCC#N)Cc1ccccc1. The number of nitrogens with zero attached hydrogens (tertiary/aromatic N) is 2. The van der Waals surface area contributed by atoms with Crippen LogP contribution in [-0.2, 0) is 20.9 Å². The van der Waals surface area contributed by atoms with Crippen molar-refractivity contribution in [3.63, 3.8) is 0 Å². The van der Waals surface area contributed by atoms with Crippen molar-refractivity contribution in [3.05, 3.63) is 48.0 Å². The molecule has 1 aromatic rings. The predicted octanol–water partition coefficient (Wildman–Crippen LogP) is 1.92. The van der Waals surface area contributed by atoms with Gasteiger partial charge in [0.25, 0.3) is 0 Å². The number of hydrogen-bond donors (Lipinski definition) is 1. The van der Waals surface area contributed by atoms with E-state index >= 15 is 0 Å². The Bertz CT molecular complexity index is 638. The minimum atomic E-state index is -0.593. The molecule has 1 N–H and O–H groups in total. The summed E-state index contributed by atoms with van der Waals surface area (Å²) < 4.78 is 4.69. The van der Waals surface area contributed by atoms with Crippen molar-refractivity contribution in [2.75, 3.05) is 13.2 Å². The van der Waals surface area contributed by atoms with Crippen LogP contribution in [0.5, 0.6) is 0 Å². The second-order valence-corrected chi connectivity index (χ2v) is 5.08. The number of thiocarbonyl (C=S) groups is 1. The number of carbonyl (C=O) groups is 2. The molecule has 0 aliphatic rings. The first kappa shape index (κ1) is 19.3. The third kappa shape index (κ3) is 7.51. The summed E-state index contributed by atoms with van der Waals surface area (Å²) in [5.74, 6) is -1.12. The molecule has 0 spiro atoms. The molecule has 0 saturated heterocycles. The van der Waals surface area contributed by atoms with Gasteiger partial charge in [-0.15, -0.1) is 0 Å². The van der Waals surface area contributed by atoms with E-state index in [1.807, 2.05) is 30.3 Å². The molecule has 1 rings (SSSR count). The molecule has 126 valence electrons. The molecule has 0 aromatic heterocycles. The van der Waals surface area contributed by atoms with E-state index in [2.05, 4.69) is 11.4 Å². The Hall–Kier alpha value is -2.72. The van der Waals surface area contributed by atoms with Crippen LogP contribution in [0, 0.1) is 11.3 Å². The summed E-state index contributed by atoms with van der Waals surface area (Å²) in [7, 11) is 0. The molecule has 7 heteroatoms. The highest BCUT2D eigenvalue weighted by atomic mass is 32.1. The minimum Gasteiger partial charge on any atom is -0.463 e. The molecule has 0 saturated carbocycles. The summed E-state index contributed by atoms with van der Waals surface area (Å²) in [6, 6.07) is 11.6. The average Bonchev–Trinajstić information content (AvgIpc) is 2.58. The van der Waals surface area contributed by atoms with Gasteiger partial charge in [0.1, 0.15) is 0 Å². The van der Waals surface area contributed by atoms with E-state index in [0.717, 1.165) is 17.7 Å². The molecule has 0 bridgehead atoms. The molecule has 24 heavy (non-hydrogen) atoms. The smallest absolute Gasteiger partial charge is 0.330 e. The van der Waals surface area contributed by atoms with Gasteiger partial charge in [-0.3, -0.25) is 10.1 Å². The van der Waals surface area contributed by atoms with Crippen molar-refractivity contribution in [1.82, 2.24) is 10.2 Å². The van der Waals surface area contributed by atoms with E-state index in [9.17, 15) is 9.59 Å². The molecule has 0 aliphatic carbocycles. The number of nitrogens with one attached hydrogen (secondary N) is 1. The summed E-state index contributed by atoms with van der Waals surface area (Å²) >= 11 is 5.23. The molecule has 0 unspecified atom stereocenters. The van der Waals surface area contributed by atoms with Crippen molar-refractivity contribution in [1.29, 1.82) is 5.26 Å². The van der Waals surface area contributed by atoms with E-state index < -0.39 is 11.9 Å². The standard InChI is InChI=1S/C17H19N3O3S/c1-2-23-16(22)10-9-15(21)19-17(24)20(12-6-11-18)13-14-7-4-3-5-8-14/h3-5,7-10H,2,6,12-13H2,1H3,(H,19,21,24)/b10-9+. The highest BCUT2D eigenvalue weighted by Gasteiger charge is 2.12. The number of amides is 1. The molecular formula is C17H19N3O3S. The lowest BCUT2D eigenvalue weighted by Crippen LogP contribution is -2.42. The van der Waals surface area contributed by atoms with E-state index in [1.54, 1.807) is 11.8 Å². The quantitative estimate of drug-likeness (QED) is 0.462. The average molecular weight is 345 g/mol. The monoisotopic (exact) mass is 345 g/mol. The van der Waals surface area contributed by atoms with Crippen molar-refractivity contribution < 1.29 is 14.3 Å². The van der Waals surface area contributed by atoms with Gasteiger partial charge in [0, 0.05) is 25.2 Å². The number of nitriles is 1. The Morgan fingerprint density at radius 3 is 2.67 bits per heavy atom. The molecule has 0 aliphatic heterocycles. The maximum atomic E-state index is 11.8. The van der Waals surface area contributed by atoms with Gasteiger partial charge < -0.3 is 9.64 Å². The number of benzene rings is 1. The van der Waals surface area contributed by atoms with Gasteiger partial charge in [-0.05, 0) is 24.7 Å². The van der Waals surface area contributed by atoms with Crippen LogP contribution in [0.1, 0.15) is 18.9 Å². The van der Waals surface area contributed by atoms with Gasteiger partial charge in [-0.1, -0.05) is 30.3 Å². The van der Waals surface area contributed by atoms with E-state index in [1.165, 1.54) is 0 Å². The van der Waals surface area contributed by atoms with Crippen molar-refractivity contribution in [2.24, 2.45) is 0 Å². The number of esters is 1. The van der Waals surface area contributed by atoms with Crippen LogP contribution in [0.2, 0.25) is 0 Å². The summed E-state index contributed by atoms with van der Waals surface area (Å²) in [6.07, 6.45) is 2.38. The van der Waals surface area contributed by atoms with Crippen LogP contribution in [0.25, 0.3) is 0 Å². The Balaban J connectivity index is 2.65. The molecular weight excluding hydrogens is 326 g/mol. The third-order valence-corrected chi connectivity index (χ3v) is 3.24. The zero-order chi connectivity index (χ0) is 17.8. The second kappa shape index (κ2) is 10.9. The number of rotatable bonds is 7. The lowest BCUT2D eigenvalue weighted by atomic mass is 10.2.